The summed E-state index contributed by atoms with van der Waals surface area (Å²) in [5.41, 5.74) is 0.989. The first-order valence-electron chi connectivity index (χ1n) is 10.9. The fourth-order valence-electron chi connectivity index (χ4n) is 3.67. The van der Waals surface area contributed by atoms with E-state index in [-0.39, 0.29) is 23.2 Å². The molecule has 1 aliphatic heterocycles. The number of carboxylic acid groups (broad SMARTS) is 1. The molecule has 1 fully saturated rings. The zero-order valence-electron chi connectivity index (χ0n) is 18.7. The minimum Gasteiger partial charge on any atom is -0.493 e. The summed E-state index contributed by atoms with van der Waals surface area (Å²) in [6.45, 7) is 2.22. The molecule has 1 aliphatic rings. The average molecular weight is 463 g/mol. The standard InChI is InChI=1S/C24H25N5O5/c1-33-24-25-10-7-20(28-24)22(30)27-18-5-6-21(26-14-18)29-11-8-16(9-12-29)15-34-19-4-2-3-17(13-19)23(31)32/h2-7,10,13-14,16H,8-9,11-12,15H2,1H3,(H,27,30)(H,31,32). The molecule has 176 valence electrons. The van der Waals surface area contributed by atoms with Gasteiger partial charge in [-0.05, 0) is 55.2 Å². The van der Waals surface area contributed by atoms with Gasteiger partial charge in [0.15, 0.2) is 0 Å². The van der Waals surface area contributed by atoms with Crippen molar-refractivity contribution in [1.82, 2.24) is 15.0 Å². The molecule has 0 spiro atoms. The van der Waals surface area contributed by atoms with Gasteiger partial charge in [0.05, 0.1) is 31.2 Å². The van der Waals surface area contributed by atoms with Crippen LogP contribution in [0.1, 0.15) is 33.7 Å². The molecule has 0 unspecified atom stereocenters. The van der Waals surface area contributed by atoms with Gasteiger partial charge in [-0.3, -0.25) is 4.79 Å². The number of aromatic nitrogens is 3. The smallest absolute Gasteiger partial charge is 0.335 e. The summed E-state index contributed by atoms with van der Waals surface area (Å²) in [5.74, 6) is 0.460. The second kappa shape index (κ2) is 10.6. The molecule has 10 heteroatoms. The van der Waals surface area contributed by atoms with Crippen LogP contribution in [-0.2, 0) is 0 Å². The summed E-state index contributed by atoms with van der Waals surface area (Å²) in [6.07, 6.45) is 4.96. The van der Waals surface area contributed by atoms with Gasteiger partial charge in [-0.2, -0.15) is 4.98 Å². The molecule has 4 rings (SSSR count). The van der Waals surface area contributed by atoms with Crippen molar-refractivity contribution in [3.63, 3.8) is 0 Å². The second-order valence-corrected chi connectivity index (χ2v) is 7.86. The molecule has 0 aliphatic carbocycles. The van der Waals surface area contributed by atoms with E-state index in [2.05, 4.69) is 25.2 Å². The predicted octanol–water partition coefficient (Wildman–Crippen LogP) is 3.13. The van der Waals surface area contributed by atoms with Crippen LogP contribution in [0.2, 0.25) is 0 Å². The Morgan fingerprint density at radius 3 is 2.68 bits per heavy atom. The first kappa shape index (κ1) is 23.0. The lowest BCUT2D eigenvalue weighted by Crippen LogP contribution is -2.36. The van der Waals surface area contributed by atoms with Crippen LogP contribution >= 0.6 is 0 Å². The Bertz CT molecular complexity index is 1150. The summed E-state index contributed by atoms with van der Waals surface area (Å²) in [6, 6.07) is 11.9. The number of ether oxygens (including phenoxy) is 2. The van der Waals surface area contributed by atoms with Crippen LogP contribution in [0.25, 0.3) is 0 Å². The Hall–Kier alpha value is -4.21. The summed E-state index contributed by atoms with van der Waals surface area (Å²) in [7, 11) is 1.44. The lowest BCUT2D eigenvalue weighted by atomic mass is 9.98. The van der Waals surface area contributed by atoms with Gasteiger partial charge in [0.25, 0.3) is 5.91 Å². The van der Waals surface area contributed by atoms with Gasteiger partial charge in [0, 0.05) is 19.3 Å². The summed E-state index contributed by atoms with van der Waals surface area (Å²) < 4.78 is 10.8. The molecule has 34 heavy (non-hydrogen) atoms. The number of amides is 1. The lowest BCUT2D eigenvalue weighted by molar-refractivity contribution is 0.0696. The van der Waals surface area contributed by atoms with E-state index in [1.54, 1.807) is 30.5 Å². The number of benzene rings is 1. The van der Waals surface area contributed by atoms with E-state index >= 15 is 0 Å². The molecular weight excluding hydrogens is 438 g/mol. The van der Waals surface area contributed by atoms with E-state index in [4.69, 9.17) is 14.6 Å². The fourth-order valence-corrected chi connectivity index (χ4v) is 3.67. The zero-order chi connectivity index (χ0) is 23.9. The van der Waals surface area contributed by atoms with Crippen molar-refractivity contribution >= 4 is 23.4 Å². The Kier molecular flexibility index (Phi) is 7.16. The first-order chi connectivity index (χ1) is 16.5. The van der Waals surface area contributed by atoms with Crippen molar-refractivity contribution < 1.29 is 24.2 Å². The molecule has 2 aromatic heterocycles. The first-order valence-corrected chi connectivity index (χ1v) is 10.9. The molecule has 0 bridgehead atoms. The highest BCUT2D eigenvalue weighted by atomic mass is 16.5. The number of carbonyl (C=O) groups excluding carboxylic acids is 1. The molecule has 0 atom stereocenters. The van der Waals surface area contributed by atoms with Crippen LogP contribution in [0.15, 0.2) is 54.9 Å². The number of anilines is 2. The summed E-state index contributed by atoms with van der Waals surface area (Å²) in [5, 5.41) is 11.9. The molecule has 10 nitrogen and oxygen atoms in total. The van der Waals surface area contributed by atoms with Crippen molar-refractivity contribution in [2.24, 2.45) is 5.92 Å². The number of hydrogen-bond donors (Lipinski definition) is 2. The molecule has 1 amide bonds. The van der Waals surface area contributed by atoms with Crippen LogP contribution in [0, 0.1) is 5.92 Å². The number of carbonyl (C=O) groups is 2. The monoisotopic (exact) mass is 463 g/mol. The Balaban J connectivity index is 1.26. The van der Waals surface area contributed by atoms with Gasteiger partial charge in [0.2, 0.25) is 0 Å². The number of nitrogens with zero attached hydrogens (tertiary/aromatic N) is 4. The Morgan fingerprint density at radius 2 is 1.97 bits per heavy atom. The molecular formula is C24H25N5O5. The number of nitrogens with one attached hydrogen (secondary N) is 1. The second-order valence-electron chi connectivity index (χ2n) is 7.86. The van der Waals surface area contributed by atoms with Gasteiger partial charge in [-0.15, -0.1) is 0 Å². The lowest BCUT2D eigenvalue weighted by Gasteiger charge is -2.32. The van der Waals surface area contributed by atoms with E-state index < -0.39 is 5.97 Å². The number of piperidine rings is 1. The van der Waals surface area contributed by atoms with Crippen LogP contribution < -0.4 is 19.7 Å². The van der Waals surface area contributed by atoms with Gasteiger partial charge >= 0.3 is 12.0 Å². The maximum atomic E-state index is 12.4. The molecule has 1 saturated heterocycles. The molecule has 0 radical (unpaired) electrons. The summed E-state index contributed by atoms with van der Waals surface area (Å²) >= 11 is 0. The van der Waals surface area contributed by atoms with Crippen LogP contribution in [0.5, 0.6) is 11.8 Å². The third-order valence-corrected chi connectivity index (χ3v) is 5.56. The SMILES string of the molecule is COc1nccc(C(=O)Nc2ccc(N3CCC(COc4cccc(C(=O)O)c4)CC3)nc2)n1. The number of methoxy groups -OCH3 is 1. The molecule has 1 aromatic carbocycles. The van der Waals surface area contributed by atoms with Crippen molar-refractivity contribution in [2.45, 2.75) is 12.8 Å². The number of aromatic carboxylic acids is 1. The number of hydrogen-bond acceptors (Lipinski definition) is 8. The number of pyridine rings is 1. The van der Waals surface area contributed by atoms with Gasteiger partial charge in [-0.25, -0.2) is 14.8 Å². The minimum atomic E-state index is -0.967. The van der Waals surface area contributed by atoms with Gasteiger partial charge in [0.1, 0.15) is 17.3 Å². The highest BCUT2D eigenvalue weighted by molar-refractivity contribution is 6.02. The fraction of sp³-hybridized carbons (Fsp3) is 0.292. The third kappa shape index (κ3) is 5.77. The van der Waals surface area contributed by atoms with Crippen LogP contribution in [0.4, 0.5) is 11.5 Å². The maximum Gasteiger partial charge on any atom is 0.335 e. The minimum absolute atomic E-state index is 0.128. The van der Waals surface area contributed by atoms with Crippen molar-refractivity contribution in [2.75, 3.05) is 37.0 Å². The topological polar surface area (TPSA) is 127 Å². The van der Waals surface area contributed by atoms with E-state index in [1.807, 2.05) is 12.1 Å². The maximum absolute atomic E-state index is 12.4. The predicted molar refractivity (Wildman–Crippen MR) is 125 cm³/mol. The Morgan fingerprint density at radius 1 is 1.15 bits per heavy atom. The van der Waals surface area contributed by atoms with Gasteiger partial charge < -0.3 is 24.8 Å². The van der Waals surface area contributed by atoms with Crippen molar-refractivity contribution in [3.8, 4) is 11.8 Å². The number of rotatable bonds is 8. The van der Waals surface area contributed by atoms with Crippen molar-refractivity contribution in [3.05, 3.63) is 66.1 Å². The van der Waals surface area contributed by atoms with E-state index in [9.17, 15) is 9.59 Å². The quantitative estimate of drug-likeness (QED) is 0.518. The molecule has 2 N–H and O–H groups in total. The van der Waals surface area contributed by atoms with E-state index in [1.165, 1.54) is 19.4 Å². The highest BCUT2D eigenvalue weighted by Gasteiger charge is 2.21. The zero-order valence-corrected chi connectivity index (χ0v) is 18.7. The molecule has 3 heterocycles. The average Bonchev–Trinajstić information content (AvgIpc) is 2.88. The number of carboxylic acids is 1. The van der Waals surface area contributed by atoms with Gasteiger partial charge in [-0.1, -0.05) is 6.07 Å². The van der Waals surface area contributed by atoms with Crippen molar-refractivity contribution in [1.29, 1.82) is 0 Å². The molecule has 3 aromatic rings. The van der Waals surface area contributed by atoms with E-state index in [0.717, 1.165) is 31.7 Å². The normalized spacial score (nSPS) is 13.9. The summed E-state index contributed by atoms with van der Waals surface area (Å²) in [4.78, 5) is 38.1. The Labute approximate surface area is 196 Å². The van der Waals surface area contributed by atoms with E-state index in [0.29, 0.717) is 24.0 Å². The largest absolute Gasteiger partial charge is 0.493 e. The highest BCUT2D eigenvalue weighted by Crippen LogP contribution is 2.24. The van der Waals surface area contributed by atoms with Crippen LogP contribution in [-0.4, -0.2) is 58.7 Å². The molecule has 0 saturated carbocycles. The van der Waals surface area contributed by atoms with Crippen LogP contribution in [0.3, 0.4) is 0 Å². The third-order valence-electron chi connectivity index (χ3n) is 5.56.